The molecule has 4 nitrogen and oxygen atoms in total. The molecule has 0 saturated carbocycles. The first-order chi connectivity index (χ1) is 6.19. The lowest BCUT2D eigenvalue weighted by Crippen LogP contribution is -2.53. The molecule has 0 radical (unpaired) electrons. The molecule has 4 heteroatoms. The summed E-state index contributed by atoms with van der Waals surface area (Å²) in [6, 6.07) is 0. The highest BCUT2D eigenvalue weighted by molar-refractivity contribution is 5.68. The maximum atomic E-state index is 11.0. The molecule has 1 unspecified atom stereocenters. The Balaban J connectivity index is 2.21. The third-order valence-electron chi connectivity index (χ3n) is 2.67. The quantitative estimate of drug-likeness (QED) is 0.699. The third-order valence-corrected chi connectivity index (χ3v) is 2.67. The van der Waals surface area contributed by atoms with Gasteiger partial charge in [-0.05, 0) is 25.4 Å². The highest BCUT2D eigenvalue weighted by Gasteiger charge is 2.34. The largest absolute Gasteiger partial charge is 0.453 e. The maximum Gasteiger partial charge on any atom is 0.409 e. The van der Waals surface area contributed by atoms with Gasteiger partial charge in [0.2, 0.25) is 0 Å². The van der Waals surface area contributed by atoms with Crippen LogP contribution in [0.25, 0.3) is 0 Å². The molecular formula is C9H18N2O2. The van der Waals surface area contributed by atoms with E-state index < -0.39 is 0 Å². The summed E-state index contributed by atoms with van der Waals surface area (Å²) in [5.74, 6) is 1.26. The van der Waals surface area contributed by atoms with Gasteiger partial charge in [-0.3, -0.25) is 0 Å². The van der Waals surface area contributed by atoms with Gasteiger partial charge in [0, 0.05) is 13.1 Å². The number of methoxy groups -OCH3 is 1. The minimum Gasteiger partial charge on any atom is -0.453 e. The molecule has 1 aliphatic rings. The van der Waals surface area contributed by atoms with Gasteiger partial charge < -0.3 is 15.0 Å². The van der Waals surface area contributed by atoms with Gasteiger partial charge in [-0.15, -0.1) is 0 Å². The van der Waals surface area contributed by atoms with Crippen LogP contribution in [0.4, 0.5) is 4.79 Å². The van der Waals surface area contributed by atoms with Crippen molar-refractivity contribution in [2.24, 2.45) is 11.8 Å². The maximum absolute atomic E-state index is 11.0. The summed E-state index contributed by atoms with van der Waals surface area (Å²) in [5.41, 5.74) is 0. The van der Waals surface area contributed by atoms with Crippen molar-refractivity contribution in [1.82, 2.24) is 10.2 Å². The molecule has 0 aromatic heterocycles. The number of nitrogens with one attached hydrogen (secondary N) is 1. The van der Waals surface area contributed by atoms with E-state index in [2.05, 4.69) is 17.0 Å². The summed E-state index contributed by atoms with van der Waals surface area (Å²) in [7, 11) is 3.37. The minimum atomic E-state index is -0.201. The van der Waals surface area contributed by atoms with Crippen molar-refractivity contribution in [2.75, 3.05) is 33.8 Å². The average Bonchev–Trinajstić information content (AvgIpc) is 2.01. The van der Waals surface area contributed by atoms with Gasteiger partial charge in [0.05, 0.1) is 7.11 Å². The van der Waals surface area contributed by atoms with Crippen molar-refractivity contribution >= 4 is 6.09 Å². The molecule has 1 N–H and O–H groups in total. The van der Waals surface area contributed by atoms with Gasteiger partial charge in [-0.1, -0.05) is 6.92 Å². The molecule has 0 bridgehead atoms. The van der Waals surface area contributed by atoms with Crippen LogP contribution in [0.3, 0.4) is 0 Å². The summed E-state index contributed by atoms with van der Waals surface area (Å²) < 4.78 is 4.61. The molecule has 1 aliphatic heterocycles. The molecule has 1 saturated heterocycles. The van der Waals surface area contributed by atoms with E-state index in [1.165, 1.54) is 7.11 Å². The Morgan fingerprint density at radius 2 is 2.31 bits per heavy atom. The summed E-state index contributed by atoms with van der Waals surface area (Å²) >= 11 is 0. The van der Waals surface area contributed by atoms with Crippen LogP contribution in [0.15, 0.2) is 0 Å². The van der Waals surface area contributed by atoms with Crippen LogP contribution in [0.2, 0.25) is 0 Å². The van der Waals surface area contributed by atoms with E-state index in [4.69, 9.17) is 0 Å². The summed E-state index contributed by atoms with van der Waals surface area (Å²) in [6.07, 6.45) is -0.201. The number of amides is 1. The van der Waals surface area contributed by atoms with E-state index in [-0.39, 0.29) is 6.09 Å². The van der Waals surface area contributed by atoms with Crippen molar-refractivity contribution in [1.29, 1.82) is 0 Å². The number of carbonyl (C=O) groups excluding carboxylic acids is 1. The Morgan fingerprint density at radius 3 is 2.77 bits per heavy atom. The average molecular weight is 186 g/mol. The zero-order valence-electron chi connectivity index (χ0n) is 8.54. The van der Waals surface area contributed by atoms with E-state index in [1.807, 2.05) is 7.05 Å². The highest BCUT2D eigenvalue weighted by atomic mass is 16.5. The Morgan fingerprint density at radius 1 is 1.69 bits per heavy atom. The number of likely N-dealkylation sites (tertiary alicyclic amines) is 1. The number of rotatable bonds is 3. The Hall–Kier alpha value is -0.770. The van der Waals surface area contributed by atoms with Crippen LogP contribution in [0.1, 0.15) is 6.92 Å². The molecule has 1 fully saturated rings. The van der Waals surface area contributed by atoms with Gasteiger partial charge in [-0.2, -0.15) is 0 Å². The summed E-state index contributed by atoms with van der Waals surface area (Å²) in [5, 5.41) is 3.14. The van der Waals surface area contributed by atoms with Gasteiger partial charge in [-0.25, -0.2) is 4.79 Å². The Bertz CT molecular complexity index is 178. The Kier molecular flexibility index (Phi) is 3.54. The van der Waals surface area contributed by atoms with Crippen LogP contribution in [-0.2, 0) is 4.74 Å². The van der Waals surface area contributed by atoms with E-state index in [9.17, 15) is 4.79 Å². The van der Waals surface area contributed by atoms with Crippen molar-refractivity contribution < 1.29 is 9.53 Å². The first kappa shape index (κ1) is 10.3. The second-order valence-electron chi connectivity index (χ2n) is 3.67. The molecule has 0 aliphatic carbocycles. The molecule has 76 valence electrons. The van der Waals surface area contributed by atoms with E-state index in [0.717, 1.165) is 19.6 Å². The smallest absolute Gasteiger partial charge is 0.409 e. The molecule has 0 aromatic rings. The van der Waals surface area contributed by atoms with Crippen molar-refractivity contribution in [2.45, 2.75) is 6.92 Å². The summed E-state index contributed by atoms with van der Waals surface area (Å²) in [4.78, 5) is 12.7. The van der Waals surface area contributed by atoms with Crippen molar-refractivity contribution in [3.05, 3.63) is 0 Å². The molecule has 1 rings (SSSR count). The first-order valence-corrected chi connectivity index (χ1v) is 4.66. The molecule has 1 heterocycles. The van der Waals surface area contributed by atoms with Crippen LogP contribution in [0.5, 0.6) is 0 Å². The standard InChI is InChI=1S/C9H18N2O2/c1-7(4-10-2)8-5-11(6-8)9(12)13-3/h7-8,10H,4-6H2,1-3H3. The fourth-order valence-electron chi connectivity index (χ4n) is 1.64. The number of ether oxygens (including phenoxy) is 1. The summed E-state index contributed by atoms with van der Waals surface area (Å²) in [6.45, 7) is 4.90. The second kappa shape index (κ2) is 4.46. The molecule has 0 spiro atoms. The van der Waals surface area contributed by atoms with Crippen molar-refractivity contribution in [3.8, 4) is 0 Å². The van der Waals surface area contributed by atoms with Gasteiger partial charge in [0.25, 0.3) is 0 Å². The molecule has 1 amide bonds. The molecule has 0 aromatic carbocycles. The van der Waals surface area contributed by atoms with Gasteiger partial charge >= 0.3 is 6.09 Å². The van der Waals surface area contributed by atoms with Crippen LogP contribution in [-0.4, -0.2) is 44.8 Å². The predicted octanol–water partition coefficient (Wildman–Crippen LogP) is 0.540. The van der Waals surface area contributed by atoms with E-state index in [0.29, 0.717) is 11.8 Å². The van der Waals surface area contributed by atoms with E-state index >= 15 is 0 Å². The fraction of sp³-hybridized carbons (Fsp3) is 0.889. The zero-order valence-corrected chi connectivity index (χ0v) is 8.54. The number of carbonyl (C=O) groups is 1. The fourth-order valence-corrected chi connectivity index (χ4v) is 1.64. The van der Waals surface area contributed by atoms with Gasteiger partial charge in [0.15, 0.2) is 0 Å². The van der Waals surface area contributed by atoms with Crippen LogP contribution in [0, 0.1) is 11.8 Å². The normalized spacial score (nSPS) is 19.5. The lowest BCUT2D eigenvalue weighted by Gasteiger charge is -2.41. The Labute approximate surface area is 79.2 Å². The predicted molar refractivity (Wildman–Crippen MR) is 50.6 cm³/mol. The molecule has 13 heavy (non-hydrogen) atoms. The number of hydrogen-bond donors (Lipinski definition) is 1. The molecule has 1 atom stereocenters. The lowest BCUT2D eigenvalue weighted by atomic mass is 9.87. The first-order valence-electron chi connectivity index (χ1n) is 4.66. The van der Waals surface area contributed by atoms with Crippen molar-refractivity contribution in [3.63, 3.8) is 0 Å². The number of hydrogen-bond acceptors (Lipinski definition) is 3. The number of nitrogens with zero attached hydrogens (tertiary/aromatic N) is 1. The van der Waals surface area contributed by atoms with E-state index in [1.54, 1.807) is 4.90 Å². The third kappa shape index (κ3) is 2.34. The topological polar surface area (TPSA) is 41.6 Å². The highest BCUT2D eigenvalue weighted by Crippen LogP contribution is 2.23. The zero-order chi connectivity index (χ0) is 9.84. The van der Waals surface area contributed by atoms with Crippen LogP contribution < -0.4 is 5.32 Å². The van der Waals surface area contributed by atoms with Gasteiger partial charge in [0.1, 0.15) is 0 Å². The van der Waals surface area contributed by atoms with Crippen LogP contribution >= 0.6 is 0 Å². The SMILES string of the molecule is CNCC(C)C1CN(C(=O)OC)C1. The minimum absolute atomic E-state index is 0.201. The second-order valence-corrected chi connectivity index (χ2v) is 3.67. The molecular weight excluding hydrogens is 168 g/mol. The lowest BCUT2D eigenvalue weighted by molar-refractivity contribution is 0.0480. The monoisotopic (exact) mass is 186 g/mol.